The fourth-order valence-corrected chi connectivity index (χ4v) is 4.52. The lowest BCUT2D eigenvalue weighted by Gasteiger charge is -2.30. The second-order valence-corrected chi connectivity index (χ2v) is 6.72. The van der Waals surface area contributed by atoms with Gasteiger partial charge in [-0.3, -0.25) is 13.5 Å². The summed E-state index contributed by atoms with van der Waals surface area (Å²) >= 11 is -0.734. The highest BCUT2D eigenvalue weighted by atomic mass is 32.2. The lowest BCUT2D eigenvalue weighted by Crippen LogP contribution is -2.34. The molecule has 1 saturated carbocycles. The highest BCUT2D eigenvalue weighted by molar-refractivity contribution is 7.81. The summed E-state index contributed by atoms with van der Waals surface area (Å²) < 4.78 is 24.6. The molecule has 1 fully saturated rings. The molecule has 2 heterocycles. The fourth-order valence-electron chi connectivity index (χ4n) is 2.61. The van der Waals surface area contributed by atoms with Gasteiger partial charge in [0.05, 0.1) is 10.6 Å². The molecule has 0 radical (unpaired) electrons. The number of anilines is 1. The summed E-state index contributed by atoms with van der Waals surface area (Å²) in [7, 11) is 0. The number of pyridine rings is 1. The van der Waals surface area contributed by atoms with Crippen LogP contribution in [0.4, 0.5) is 5.00 Å². The zero-order valence-electron chi connectivity index (χ0n) is 10.9. The third-order valence-corrected chi connectivity index (χ3v) is 5.58. The van der Waals surface area contributed by atoms with Crippen LogP contribution < -0.4 is 4.31 Å². The normalized spacial score (nSPS) is 17.2. The van der Waals surface area contributed by atoms with Crippen LogP contribution >= 0.6 is 11.3 Å². The molecule has 0 spiro atoms. The Kier molecular flexibility index (Phi) is 4.14. The van der Waals surface area contributed by atoms with E-state index in [0.29, 0.717) is 0 Å². The maximum Gasteiger partial charge on any atom is 0.103 e. The number of aromatic nitrogens is 1. The zero-order chi connectivity index (χ0) is 13.9. The van der Waals surface area contributed by atoms with Crippen molar-refractivity contribution in [3.63, 3.8) is 0 Å². The van der Waals surface area contributed by atoms with Crippen molar-refractivity contribution in [3.8, 4) is 10.6 Å². The summed E-state index contributed by atoms with van der Waals surface area (Å²) in [6.45, 7) is 0. The molecule has 0 aliphatic heterocycles. The van der Waals surface area contributed by atoms with Gasteiger partial charge in [0, 0.05) is 23.5 Å². The molecule has 0 aromatic carbocycles. The number of rotatable bonds is 4. The molecule has 0 N–H and O–H groups in total. The van der Waals surface area contributed by atoms with E-state index in [1.807, 2.05) is 30.3 Å². The Labute approximate surface area is 124 Å². The summed E-state index contributed by atoms with van der Waals surface area (Å²) in [5.74, 6) is 0. The Bertz CT molecular complexity index is 594. The molecule has 0 bridgehead atoms. The van der Waals surface area contributed by atoms with Gasteiger partial charge in [0.25, 0.3) is 0 Å². The first kappa shape index (κ1) is 13.7. The second kappa shape index (κ2) is 6.03. The van der Waals surface area contributed by atoms with Crippen molar-refractivity contribution in [1.29, 1.82) is 0 Å². The number of thiophene rings is 1. The van der Waals surface area contributed by atoms with E-state index in [1.54, 1.807) is 6.20 Å². The molecule has 1 aliphatic carbocycles. The molecule has 2 aromatic heterocycles. The highest BCUT2D eigenvalue weighted by Gasteiger charge is 2.25. The standard InChI is InChI=1S/C14H16N2O2S2/c17-20(18)16(11-5-1-2-6-11)14-9-8-13(19-14)12-7-3-4-10-15-12/h3-4,7-11H,1-2,5-6H2,(H,17,18)/p-1. The van der Waals surface area contributed by atoms with Gasteiger partial charge in [0.1, 0.15) is 5.00 Å². The minimum Gasteiger partial charge on any atom is -0.755 e. The quantitative estimate of drug-likeness (QED) is 0.814. The maximum atomic E-state index is 11.5. The second-order valence-electron chi connectivity index (χ2n) is 4.83. The van der Waals surface area contributed by atoms with Crippen LogP contribution in [0.3, 0.4) is 0 Å². The average molecular weight is 307 g/mol. The van der Waals surface area contributed by atoms with Crippen LogP contribution in [0, 0.1) is 0 Å². The van der Waals surface area contributed by atoms with Crippen LogP contribution in [0.25, 0.3) is 10.6 Å². The minimum atomic E-state index is -2.21. The number of hydrogen-bond donors (Lipinski definition) is 0. The van der Waals surface area contributed by atoms with Crippen molar-refractivity contribution in [2.75, 3.05) is 4.31 Å². The molecule has 1 unspecified atom stereocenters. The van der Waals surface area contributed by atoms with E-state index in [4.69, 9.17) is 0 Å². The average Bonchev–Trinajstić information content (AvgIpc) is 3.12. The first-order valence-electron chi connectivity index (χ1n) is 6.65. The Morgan fingerprint density at radius 1 is 1.25 bits per heavy atom. The highest BCUT2D eigenvalue weighted by Crippen LogP contribution is 2.37. The first-order chi connectivity index (χ1) is 9.75. The van der Waals surface area contributed by atoms with E-state index in [1.165, 1.54) is 15.6 Å². The maximum absolute atomic E-state index is 11.5. The van der Waals surface area contributed by atoms with Crippen molar-refractivity contribution in [2.45, 2.75) is 31.7 Å². The first-order valence-corrected chi connectivity index (χ1v) is 8.50. The van der Waals surface area contributed by atoms with Crippen molar-refractivity contribution < 1.29 is 8.76 Å². The predicted octanol–water partition coefficient (Wildman–Crippen LogP) is 3.35. The monoisotopic (exact) mass is 307 g/mol. The minimum absolute atomic E-state index is 0.114. The Balaban J connectivity index is 1.89. The largest absolute Gasteiger partial charge is 0.755 e. The van der Waals surface area contributed by atoms with Gasteiger partial charge in [-0.25, -0.2) is 0 Å². The summed E-state index contributed by atoms with van der Waals surface area (Å²) in [5.41, 5.74) is 0.881. The Morgan fingerprint density at radius 2 is 2.05 bits per heavy atom. The molecule has 2 aromatic rings. The molecule has 4 nitrogen and oxygen atoms in total. The summed E-state index contributed by atoms with van der Waals surface area (Å²) in [6.07, 6.45) is 5.86. The Hall–Kier alpha value is -1.24. The molecule has 6 heteroatoms. The van der Waals surface area contributed by atoms with Crippen molar-refractivity contribution >= 4 is 27.6 Å². The molecule has 106 valence electrons. The lowest BCUT2D eigenvalue weighted by molar-refractivity contribution is 0.521. The van der Waals surface area contributed by atoms with E-state index >= 15 is 0 Å². The topological polar surface area (TPSA) is 56.3 Å². The molecule has 3 rings (SSSR count). The molecular formula is C14H15N2O2S2-. The zero-order valence-corrected chi connectivity index (χ0v) is 12.5. The smallest absolute Gasteiger partial charge is 0.103 e. The Morgan fingerprint density at radius 3 is 2.70 bits per heavy atom. The summed E-state index contributed by atoms with van der Waals surface area (Å²) in [6, 6.07) is 9.67. The predicted molar refractivity (Wildman–Crippen MR) is 81.2 cm³/mol. The van der Waals surface area contributed by atoms with Gasteiger partial charge in [-0.15, -0.1) is 11.3 Å². The van der Waals surface area contributed by atoms with Gasteiger partial charge in [0.15, 0.2) is 0 Å². The van der Waals surface area contributed by atoms with Gasteiger partial charge < -0.3 is 4.55 Å². The molecule has 1 aliphatic rings. The van der Waals surface area contributed by atoms with Crippen LogP contribution in [-0.2, 0) is 11.3 Å². The molecule has 0 amide bonds. The summed E-state index contributed by atoms with van der Waals surface area (Å²) in [4.78, 5) is 5.30. The van der Waals surface area contributed by atoms with Gasteiger partial charge >= 0.3 is 0 Å². The van der Waals surface area contributed by atoms with Crippen LogP contribution in [-0.4, -0.2) is 19.8 Å². The van der Waals surface area contributed by atoms with Crippen LogP contribution in [0.5, 0.6) is 0 Å². The summed E-state index contributed by atoms with van der Waals surface area (Å²) in [5, 5.41) is 0.783. The fraction of sp³-hybridized carbons (Fsp3) is 0.357. The van der Waals surface area contributed by atoms with Crippen LogP contribution in [0.15, 0.2) is 36.5 Å². The van der Waals surface area contributed by atoms with E-state index in [9.17, 15) is 8.76 Å². The third kappa shape index (κ3) is 2.77. The lowest BCUT2D eigenvalue weighted by atomic mass is 10.2. The molecule has 20 heavy (non-hydrogen) atoms. The SMILES string of the molecule is O=S([O-])N(c1ccc(-c2ccccn2)s1)C1CCCC1. The molecular weight excluding hydrogens is 292 g/mol. The van der Waals surface area contributed by atoms with E-state index < -0.39 is 11.3 Å². The van der Waals surface area contributed by atoms with Crippen molar-refractivity contribution in [2.24, 2.45) is 0 Å². The van der Waals surface area contributed by atoms with Gasteiger partial charge in [-0.1, -0.05) is 18.9 Å². The molecule has 0 saturated heterocycles. The number of nitrogens with zero attached hydrogens (tertiary/aromatic N) is 2. The van der Waals surface area contributed by atoms with Crippen LogP contribution in [0.1, 0.15) is 25.7 Å². The van der Waals surface area contributed by atoms with E-state index in [2.05, 4.69) is 4.98 Å². The van der Waals surface area contributed by atoms with Crippen LogP contribution in [0.2, 0.25) is 0 Å². The van der Waals surface area contributed by atoms with Gasteiger partial charge in [-0.2, -0.15) is 0 Å². The number of hydrogen-bond acceptors (Lipinski definition) is 4. The van der Waals surface area contributed by atoms with Crippen molar-refractivity contribution in [3.05, 3.63) is 36.5 Å². The molecule has 1 atom stereocenters. The van der Waals surface area contributed by atoms with E-state index in [-0.39, 0.29) is 6.04 Å². The van der Waals surface area contributed by atoms with Crippen molar-refractivity contribution in [1.82, 2.24) is 4.98 Å². The van der Waals surface area contributed by atoms with Gasteiger partial charge in [-0.05, 0) is 37.1 Å². The van der Waals surface area contributed by atoms with E-state index in [0.717, 1.165) is 41.3 Å². The van der Waals surface area contributed by atoms with Gasteiger partial charge in [0.2, 0.25) is 0 Å². The third-order valence-electron chi connectivity index (χ3n) is 3.54.